The van der Waals surface area contributed by atoms with E-state index in [9.17, 15) is 4.57 Å². The average Bonchev–Trinajstić information content (AvgIpc) is 3.11. The molecule has 1 saturated carbocycles. The molecule has 2 atom stereocenters. The average molecular weight is 261 g/mol. The van der Waals surface area contributed by atoms with Gasteiger partial charge in [-0.1, -0.05) is 19.3 Å². The summed E-state index contributed by atoms with van der Waals surface area (Å²) in [4.78, 5) is 0. The minimum atomic E-state index is -2.97. The lowest BCUT2D eigenvalue weighted by molar-refractivity contribution is 0.189. The Bertz CT molecular complexity index is 281. The van der Waals surface area contributed by atoms with Crippen LogP contribution in [-0.2, 0) is 13.6 Å². The van der Waals surface area contributed by atoms with Gasteiger partial charge < -0.3 is 0 Å². The maximum absolute atomic E-state index is 12.5. The van der Waals surface area contributed by atoms with E-state index >= 15 is 0 Å². The summed E-state index contributed by atoms with van der Waals surface area (Å²) in [5.41, 5.74) is 0. The Labute approximate surface area is 104 Å². The molecule has 2 aliphatic rings. The Kier molecular flexibility index (Phi) is 4.65. The first-order valence-electron chi connectivity index (χ1n) is 6.87. The van der Waals surface area contributed by atoms with Crippen molar-refractivity contribution in [1.82, 2.24) is 4.67 Å². The molecule has 2 rings (SSSR count). The monoisotopic (exact) mass is 261 g/mol. The summed E-state index contributed by atoms with van der Waals surface area (Å²) in [7, 11) is -2.97. The molecule has 17 heavy (non-hydrogen) atoms. The maximum atomic E-state index is 12.5. The Morgan fingerprint density at radius 2 is 1.71 bits per heavy atom. The largest absolute Gasteiger partial charge is 0.408 e. The minimum Gasteiger partial charge on any atom is -0.297 e. The number of nitrogens with zero attached hydrogens (tertiary/aromatic N) is 1. The van der Waals surface area contributed by atoms with Gasteiger partial charge in [-0.3, -0.25) is 9.05 Å². The zero-order valence-electron chi connectivity index (χ0n) is 10.9. The fourth-order valence-electron chi connectivity index (χ4n) is 2.85. The minimum absolute atomic E-state index is 0.444. The molecule has 0 spiro atoms. The van der Waals surface area contributed by atoms with Crippen molar-refractivity contribution in [1.29, 1.82) is 0 Å². The summed E-state index contributed by atoms with van der Waals surface area (Å²) in [6, 6.07) is 0.444. The molecule has 1 aliphatic heterocycles. The zero-order valence-corrected chi connectivity index (χ0v) is 11.8. The lowest BCUT2D eigenvalue weighted by Crippen LogP contribution is -2.17. The second kappa shape index (κ2) is 5.83. The van der Waals surface area contributed by atoms with Crippen molar-refractivity contribution >= 4 is 7.75 Å². The Morgan fingerprint density at radius 3 is 2.24 bits per heavy atom. The van der Waals surface area contributed by atoms with Crippen LogP contribution in [0.3, 0.4) is 0 Å². The van der Waals surface area contributed by atoms with Crippen LogP contribution in [0, 0.1) is 5.92 Å². The molecule has 1 aliphatic carbocycles. The first-order chi connectivity index (χ1) is 8.21. The van der Waals surface area contributed by atoms with Crippen LogP contribution in [0.15, 0.2) is 0 Å². The summed E-state index contributed by atoms with van der Waals surface area (Å²) in [5, 5.41) is 0. The van der Waals surface area contributed by atoms with Gasteiger partial charge in [-0.05, 0) is 32.6 Å². The third-order valence-electron chi connectivity index (χ3n) is 3.72. The first-order valence-corrected chi connectivity index (χ1v) is 8.37. The molecule has 4 nitrogen and oxygen atoms in total. The Hall–Kier alpha value is 0.110. The van der Waals surface area contributed by atoms with Crippen molar-refractivity contribution in [3.63, 3.8) is 0 Å². The third-order valence-corrected chi connectivity index (χ3v) is 5.97. The van der Waals surface area contributed by atoms with E-state index in [0.29, 0.717) is 25.2 Å². The molecule has 1 heterocycles. The van der Waals surface area contributed by atoms with Crippen LogP contribution < -0.4 is 0 Å². The highest BCUT2D eigenvalue weighted by Crippen LogP contribution is 2.60. The van der Waals surface area contributed by atoms with Crippen LogP contribution >= 0.6 is 7.75 Å². The fourth-order valence-corrected chi connectivity index (χ4v) is 4.79. The van der Waals surface area contributed by atoms with E-state index in [-0.39, 0.29) is 0 Å². The van der Waals surface area contributed by atoms with E-state index in [1.54, 1.807) is 0 Å². The van der Waals surface area contributed by atoms with E-state index in [4.69, 9.17) is 9.05 Å². The van der Waals surface area contributed by atoms with Gasteiger partial charge in [0, 0.05) is 12.6 Å². The molecular formula is C12H24NO3P. The number of hydrogen-bond donors (Lipinski definition) is 0. The smallest absolute Gasteiger partial charge is 0.297 e. The topological polar surface area (TPSA) is 38.5 Å². The van der Waals surface area contributed by atoms with Gasteiger partial charge in [0.2, 0.25) is 0 Å². The predicted molar refractivity (Wildman–Crippen MR) is 67.9 cm³/mol. The van der Waals surface area contributed by atoms with E-state index in [0.717, 1.165) is 6.54 Å². The fraction of sp³-hybridized carbons (Fsp3) is 1.00. The lowest BCUT2D eigenvalue weighted by Gasteiger charge is -2.24. The van der Waals surface area contributed by atoms with Crippen molar-refractivity contribution in [3.8, 4) is 0 Å². The van der Waals surface area contributed by atoms with Gasteiger partial charge in [0.05, 0.1) is 13.2 Å². The highest BCUT2D eigenvalue weighted by Gasteiger charge is 2.52. The molecule has 0 aromatic rings. The van der Waals surface area contributed by atoms with E-state index in [1.807, 2.05) is 18.5 Å². The van der Waals surface area contributed by atoms with Crippen LogP contribution in [0.25, 0.3) is 0 Å². The second-order valence-corrected chi connectivity index (χ2v) is 6.86. The number of rotatable bonds is 6. The van der Waals surface area contributed by atoms with Gasteiger partial charge in [0.25, 0.3) is 0 Å². The van der Waals surface area contributed by atoms with E-state index < -0.39 is 7.75 Å². The molecule has 0 amide bonds. The molecule has 5 heteroatoms. The molecule has 2 fully saturated rings. The van der Waals surface area contributed by atoms with Gasteiger partial charge in [0.1, 0.15) is 0 Å². The third kappa shape index (κ3) is 3.11. The lowest BCUT2D eigenvalue weighted by atomic mass is 9.87. The molecule has 100 valence electrons. The maximum Gasteiger partial charge on any atom is 0.408 e. The Morgan fingerprint density at radius 1 is 1.12 bits per heavy atom. The molecule has 1 saturated heterocycles. The van der Waals surface area contributed by atoms with Crippen LogP contribution in [0.2, 0.25) is 0 Å². The van der Waals surface area contributed by atoms with Crippen molar-refractivity contribution in [2.75, 3.05) is 19.8 Å². The van der Waals surface area contributed by atoms with Crippen molar-refractivity contribution < 1.29 is 13.6 Å². The van der Waals surface area contributed by atoms with Gasteiger partial charge in [-0.25, -0.2) is 9.24 Å². The predicted octanol–water partition coefficient (Wildman–Crippen LogP) is 3.43. The van der Waals surface area contributed by atoms with Gasteiger partial charge in [-0.2, -0.15) is 0 Å². The summed E-state index contributed by atoms with van der Waals surface area (Å²) in [6.45, 7) is 5.52. The summed E-state index contributed by atoms with van der Waals surface area (Å²) in [6.07, 6.45) is 6.56. The molecule has 0 N–H and O–H groups in total. The zero-order chi connectivity index (χ0) is 12.3. The van der Waals surface area contributed by atoms with Crippen LogP contribution in [0.1, 0.15) is 46.0 Å². The van der Waals surface area contributed by atoms with E-state index in [2.05, 4.69) is 0 Å². The second-order valence-electron chi connectivity index (χ2n) is 4.89. The van der Waals surface area contributed by atoms with Crippen LogP contribution in [0.4, 0.5) is 0 Å². The molecule has 0 aromatic heterocycles. The normalized spacial score (nSPS) is 30.5. The molecular weight excluding hydrogens is 237 g/mol. The van der Waals surface area contributed by atoms with E-state index in [1.165, 1.54) is 32.1 Å². The van der Waals surface area contributed by atoms with Crippen molar-refractivity contribution in [2.24, 2.45) is 5.92 Å². The first kappa shape index (κ1) is 13.5. The van der Waals surface area contributed by atoms with Crippen LogP contribution in [0.5, 0.6) is 0 Å². The summed E-state index contributed by atoms with van der Waals surface area (Å²) < 4.78 is 25.2. The molecule has 0 radical (unpaired) electrons. The van der Waals surface area contributed by atoms with Gasteiger partial charge in [0.15, 0.2) is 0 Å². The highest BCUT2D eigenvalue weighted by atomic mass is 31.2. The standard InChI is InChI=1S/C12H24NO3P/c1-3-15-17(14,16-4-2)13-10-12(13)11-8-6-5-7-9-11/h11-12H,3-10H2,1-2H3. The van der Waals surface area contributed by atoms with Crippen LogP contribution in [-0.4, -0.2) is 30.5 Å². The quantitative estimate of drug-likeness (QED) is 0.542. The van der Waals surface area contributed by atoms with Gasteiger partial charge in [-0.15, -0.1) is 0 Å². The highest BCUT2D eigenvalue weighted by molar-refractivity contribution is 7.51. The number of hydrogen-bond acceptors (Lipinski definition) is 3. The Balaban J connectivity index is 1.92. The summed E-state index contributed by atoms with van der Waals surface area (Å²) >= 11 is 0. The van der Waals surface area contributed by atoms with Gasteiger partial charge >= 0.3 is 7.75 Å². The van der Waals surface area contributed by atoms with Crippen molar-refractivity contribution in [2.45, 2.75) is 52.0 Å². The molecule has 0 aromatic carbocycles. The van der Waals surface area contributed by atoms with Crippen molar-refractivity contribution in [3.05, 3.63) is 0 Å². The molecule has 2 unspecified atom stereocenters. The summed E-state index contributed by atoms with van der Waals surface area (Å²) in [5.74, 6) is 0.706. The SMILES string of the molecule is CCOP(=O)(OCC)N1CC1C1CCCCC1. The molecule has 0 bridgehead atoms.